The van der Waals surface area contributed by atoms with Crippen molar-refractivity contribution in [2.24, 2.45) is 10.7 Å². The zero-order chi connectivity index (χ0) is 10.9. The van der Waals surface area contributed by atoms with Crippen LogP contribution in [-0.2, 0) is 6.42 Å². The van der Waals surface area contributed by atoms with Crippen molar-refractivity contribution in [1.82, 2.24) is 10.3 Å². The van der Waals surface area contributed by atoms with E-state index in [1.54, 1.807) is 12.3 Å². The van der Waals surface area contributed by atoms with Crippen molar-refractivity contribution < 1.29 is 0 Å². The normalized spacial score (nSPS) is 11.1. The number of hydrogen-bond acceptors (Lipinski definition) is 2. The number of guanidine groups is 1. The molecular formula is C11H16N4. The van der Waals surface area contributed by atoms with Gasteiger partial charge in [-0.25, -0.2) is 0 Å². The summed E-state index contributed by atoms with van der Waals surface area (Å²) in [5.74, 6) is 0.450. The summed E-state index contributed by atoms with van der Waals surface area (Å²) in [5.41, 5.74) is 6.62. The summed E-state index contributed by atoms with van der Waals surface area (Å²) < 4.78 is 0. The molecule has 0 bridgehead atoms. The van der Waals surface area contributed by atoms with E-state index in [-0.39, 0.29) is 0 Å². The molecule has 4 heteroatoms. The van der Waals surface area contributed by atoms with Crippen molar-refractivity contribution in [3.63, 3.8) is 0 Å². The molecule has 3 N–H and O–H groups in total. The van der Waals surface area contributed by atoms with Crippen molar-refractivity contribution in [3.8, 4) is 0 Å². The summed E-state index contributed by atoms with van der Waals surface area (Å²) in [6.07, 6.45) is 4.32. The van der Waals surface area contributed by atoms with E-state index in [1.165, 1.54) is 0 Å². The molecule has 4 nitrogen and oxygen atoms in total. The highest BCUT2D eigenvalue weighted by molar-refractivity contribution is 5.77. The largest absolute Gasteiger partial charge is 0.370 e. The highest BCUT2D eigenvalue weighted by Crippen LogP contribution is 1.94. The number of aromatic nitrogens is 1. The molecule has 0 spiro atoms. The van der Waals surface area contributed by atoms with E-state index in [4.69, 9.17) is 5.73 Å². The van der Waals surface area contributed by atoms with Gasteiger partial charge in [-0.05, 0) is 12.1 Å². The van der Waals surface area contributed by atoms with Crippen LogP contribution in [0.4, 0.5) is 0 Å². The van der Waals surface area contributed by atoms with E-state index >= 15 is 0 Å². The first kappa shape index (κ1) is 11.2. The molecule has 0 aliphatic rings. The molecule has 0 aliphatic heterocycles. The van der Waals surface area contributed by atoms with Crippen molar-refractivity contribution in [1.29, 1.82) is 0 Å². The van der Waals surface area contributed by atoms with Crippen LogP contribution in [0.1, 0.15) is 5.69 Å². The number of nitrogens with two attached hydrogens (primary N) is 1. The lowest BCUT2D eigenvalue weighted by Crippen LogP contribution is -2.31. The Balaban J connectivity index is 2.29. The van der Waals surface area contributed by atoms with Gasteiger partial charge in [0, 0.05) is 31.4 Å². The van der Waals surface area contributed by atoms with Gasteiger partial charge in [-0.3, -0.25) is 9.98 Å². The molecule has 0 aromatic carbocycles. The zero-order valence-electron chi connectivity index (χ0n) is 8.69. The number of pyridine rings is 1. The molecule has 1 heterocycles. The molecule has 0 atom stereocenters. The lowest BCUT2D eigenvalue weighted by atomic mass is 10.3. The van der Waals surface area contributed by atoms with E-state index in [0.717, 1.165) is 12.1 Å². The molecule has 15 heavy (non-hydrogen) atoms. The van der Waals surface area contributed by atoms with Gasteiger partial charge in [0.25, 0.3) is 0 Å². The third-order valence-electron chi connectivity index (χ3n) is 1.80. The highest BCUT2D eigenvalue weighted by Gasteiger charge is 1.92. The van der Waals surface area contributed by atoms with Crippen LogP contribution in [0, 0.1) is 0 Å². The third-order valence-corrected chi connectivity index (χ3v) is 1.80. The first-order chi connectivity index (χ1) is 7.33. The van der Waals surface area contributed by atoms with Crippen LogP contribution in [0.3, 0.4) is 0 Å². The SMILES string of the molecule is C=CCNC(N)=NCCc1ccccn1. The van der Waals surface area contributed by atoms with E-state index in [9.17, 15) is 0 Å². The Morgan fingerprint density at radius 2 is 2.47 bits per heavy atom. The highest BCUT2D eigenvalue weighted by atomic mass is 15.1. The minimum absolute atomic E-state index is 0.450. The Morgan fingerprint density at radius 3 is 3.13 bits per heavy atom. The molecule has 0 unspecified atom stereocenters. The van der Waals surface area contributed by atoms with Gasteiger partial charge in [-0.15, -0.1) is 6.58 Å². The van der Waals surface area contributed by atoms with E-state index in [0.29, 0.717) is 19.0 Å². The fourth-order valence-electron chi connectivity index (χ4n) is 1.07. The summed E-state index contributed by atoms with van der Waals surface area (Å²) in [6.45, 7) is 4.86. The molecule has 0 radical (unpaired) electrons. The van der Waals surface area contributed by atoms with Gasteiger partial charge in [-0.2, -0.15) is 0 Å². The quantitative estimate of drug-likeness (QED) is 0.422. The second-order valence-electron chi connectivity index (χ2n) is 3.01. The second-order valence-corrected chi connectivity index (χ2v) is 3.01. The van der Waals surface area contributed by atoms with Crippen LogP contribution in [0.15, 0.2) is 42.0 Å². The molecule has 0 saturated carbocycles. The van der Waals surface area contributed by atoms with E-state index < -0.39 is 0 Å². The predicted molar refractivity (Wildman–Crippen MR) is 62.6 cm³/mol. The number of aliphatic imine (C=N–C) groups is 1. The van der Waals surface area contributed by atoms with Crippen molar-refractivity contribution in [2.45, 2.75) is 6.42 Å². The number of rotatable bonds is 5. The van der Waals surface area contributed by atoms with Crippen molar-refractivity contribution >= 4 is 5.96 Å². The number of nitrogens with zero attached hydrogens (tertiary/aromatic N) is 2. The molecule has 1 aromatic rings. The van der Waals surface area contributed by atoms with Gasteiger partial charge >= 0.3 is 0 Å². The Hall–Kier alpha value is -1.84. The Kier molecular flexibility index (Phi) is 4.94. The molecule has 80 valence electrons. The third kappa shape index (κ3) is 4.81. The zero-order valence-corrected chi connectivity index (χ0v) is 8.69. The molecule has 0 aliphatic carbocycles. The molecule has 0 amide bonds. The van der Waals surface area contributed by atoms with Gasteiger partial charge in [0.15, 0.2) is 5.96 Å². The summed E-state index contributed by atoms with van der Waals surface area (Å²) in [5, 5.41) is 2.91. The minimum Gasteiger partial charge on any atom is -0.370 e. The van der Waals surface area contributed by atoms with Gasteiger partial charge < -0.3 is 11.1 Å². The standard InChI is InChI=1S/C11H16N4/c1-2-7-14-11(12)15-9-6-10-5-3-4-8-13-10/h2-5,8H,1,6-7,9H2,(H3,12,14,15). The Labute approximate surface area is 89.9 Å². The van der Waals surface area contributed by atoms with Crippen LogP contribution in [0.25, 0.3) is 0 Å². The summed E-state index contributed by atoms with van der Waals surface area (Å²) in [6, 6.07) is 5.83. The molecule has 1 aromatic heterocycles. The average Bonchev–Trinajstić information content (AvgIpc) is 2.28. The Morgan fingerprint density at radius 1 is 1.60 bits per heavy atom. The molecule has 1 rings (SSSR count). The lowest BCUT2D eigenvalue weighted by Gasteiger charge is -2.01. The van der Waals surface area contributed by atoms with Crippen LogP contribution >= 0.6 is 0 Å². The topological polar surface area (TPSA) is 63.3 Å². The molecule has 0 saturated heterocycles. The predicted octanol–water partition coefficient (Wildman–Crippen LogP) is 0.714. The fraction of sp³-hybridized carbons (Fsp3) is 0.273. The van der Waals surface area contributed by atoms with Crippen molar-refractivity contribution in [3.05, 3.63) is 42.7 Å². The minimum atomic E-state index is 0.450. The van der Waals surface area contributed by atoms with Crippen LogP contribution in [-0.4, -0.2) is 24.0 Å². The first-order valence-corrected chi connectivity index (χ1v) is 4.87. The maximum Gasteiger partial charge on any atom is 0.188 e. The first-order valence-electron chi connectivity index (χ1n) is 4.87. The average molecular weight is 204 g/mol. The summed E-state index contributed by atoms with van der Waals surface area (Å²) in [7, 11) is 0. The lowest BCUT2D eigenvalue weighted by molar-refractivity contribution is 0.901. The number of hydrogen-bond donors (Lipinski definition) is 2. The monoisotopic (exact) mass is 204 g/mol. The van der Waals surface area contributed by atoms with Gasteiger partial charge in [0.1, 0.15) is 0 Å². The van der Waals surface area contributed by atoms with Crippen molar-refractivity contribution in [2.75, 3.05) is 13.1 Å². The maximum absolute atomic E-state index is 5.59. The van der Waals surface area contributed by atoms with Gasteiger partial charge in [0.05, 0.1) is 0 Å². The van der Waals surface area contributed by atoms with Crippen LogP contribution in [0.2, 0.25) is 0 Å². The van der Waals surface area contributed by atoms with E-state index in [1.807, 2.05) is 18.2 Å². The Bertz CT molecular complexity index is 319. The smallest absolute Gasteiger partial charge is 0.188 e. The maximum atomic E-state index is 5.59. The van der Waals surface area contributed by atoms with E-state index in [2.05, 4.69) is 21.9 Å². The summed E-state index contributed by atoms with van der Waals surface area (Å²) >= 11 is 0. The summed E-state index contributed by atoms with van der Waals surface area (Å²) in [4.78, 5) is 8.34. The van der Waals surface area contributed by atoms with Crippen LogP contribution in [0.5, 0.6) is 0 Å². The fourth-order valence-corrected chi connectivity index (χ4v) is 1.07. The number of nitrogens with one attached hydrogen (secondary N) is 1. The molecule has 0 fully saturated rings. The molecular weight excluding hydrogens is 188 g/mol. The van der Waals surface area contributed by atoms with Gasteiger partial charge in [-0.1, -0.05) is 12.1 Å². The second kappa shape index (κ2) is 6.59. The van der Waals surface area contributed by atoms with Gasteiger partial charge in [0.2, 0.25) is 0 Å². The van der Waals surface area contributed by atoms with Crippen LogP contribution < -0.4 is 11.1 Å².